The number of nitrogens with zero attached hydrogens (tertiary/aromatic N) is 1. The fourth-order valence-electron chi connectivity index (χ4n) is 1.49. The molecule has 104 valence electrons. The fraction of sp³-hybridized carbons (Fsp3) is 0.0714. The molecular weight excluding hydrogens is 289 g/mol. The third-order valence-electron chi connectivity index (χ3n) is 2.51. The van der Waals surface area contributed by atoms with Crippen LogP contribution in [0.3, 0.4) is 0 Å². The quantitative estimate of drug-likeness (QED) is 0.643. The number of alkyl halides is 3. The number of halogens is 4. The molecule has 2 nitrogen and oxygen atoms in total. The smallest absolute Gasteiger partial charge is 0.277 e. The molecule has 0 unspecified atom stereocenters. The van der Waals surface area contributed by atoms with Crippen molar-refractivity contribution in [3.8, 4) is 0 Å². The summed E-state index contributed by atoms with van der Waals surface area (Å²) < 4.78 is 37.2. The second-order valence-electron chi connectivity index (χ2n) is 3.96. The SMILES string of the molecule is FC(F)(F)c1ccc(C(Cl)=NNc2ccccc2)cc1. The Bertz CT molecular complexity index is 592. The maximum absolute atomic E-state index is 12.4. The van der Waals surface area contributed by atoms with Gasteiger partial charge >= 0.3 is 6.18 Å². The zero-order valence-corrected chi connectivity index (χ0v) is 10.9. The van der Waals surface area contributed by atoms with Crippen LogP contribution in [0.25, 0.3) is 0 Å². The molecule has 2 rings (SSSR count). The van der Waals surface area contributed by atoms with Crippen LogP contribution >= 0.6 is 11.6 Å². The fourth-order valence-corrected chi connectivity index (χ4v) is 1.66. The van der Waals surface area contributed by atoms with E-state index in [0.717, 1.165) is 17.8 Å². The molecule has 0 bridgehead atoms. The molecule has 0 aliphatic rings. The van der Waals surface area contributed by atoms with Crippen LogP contribution in [0, 0.1) is 0 Å². The molecule has 6 heteroatoms. The summed E-state index contributed by atoms with van der Waals surface area (Å²) in [5.74, 6) is 0. The summed E-state index contributed by atoms with van der Waals surface area (Å²) in [5.41, 5.74) is 3.14. The first kappa shape index (κ1) is 14.4. The number of para-hydroxylation sites is 1. The van der Waals surface area contributed by atoms with Gasteiger partial charge in [0.15, 0.2) is 5.17 Å². The van der Waals surface area contributed by atoms with Gasteiger partial charge in [-0.05, 0) is 24.3 Å². The Labute approximate surface area is 118 Å². The number of hydrazone groups is 1. The Kier molecular flexibility index (Phi) is 4.29. The van der Waals surface area contributed by atoms with Crippen molar-refractivity contribution in [1.29, 1.82) is 0 Å². The van der Waals surface area contributed by atoms with Crippen LogP contribution in [-0.2, 0) is 6.18 Å². The zero-order chi connectivity index (χ0) is 14.6. The lowest BCUT2D eigenvalue weighted by Crippen LogP contribution is -2.05. The van der Waals surface area contributed by atoms with Crippen molar-refractivity contribution >= 4 is 22.5 Å². The summed E-state index contributed by atoms with van der Waals surface area (Å²) in [6.45, 7) is 0. The Hall–Kier alpha value is -2.01. The molecule has 0 radical (unpaired) electrons. The van der Waals surface area contributed by atoms with Gasteiger partial charge in [0.2, 0.25) is 0 Å². The second-order valence-corrected chi connectivity index (χ2v) is 4.31. The van der Waals surface area contributed by atoms with E-state index in [1.165, 1.54) is 12.1 Å². The first-order valence-electron chi connectivity index (χ1n) is 5.69. The molecule has 0 fully saturated rings. The molecule has 1 N–H and O–H groups in total. The normalized spacial score (nSPS) is 12.3. The van der Waals surface area contributed by atoms with E-state index in [1.807, 2.05) is 18.2 Å². The van der Waals surface area contributed by atoms with Crippen LogP contribution in [0.2, 0.25) is 0 Å². The minimum Gasteiger partial charge on any atom is -0.277 e. The first-order chi connectivity index (χ1) is 9.47. The monoisotopic (exact) mass is 298 g/mol. The average molecular weight is 299 g/mol. The van der Waals surface area contributed by atoms with E-state index >= 15 is 0 Å². The summed E-state index contributed by atoms with van der Waals surface area (Å²) in [6, 6.07) is 13.6. The zero-order valence-electron chi connectivity index (χ0n) is 10.2. The standard InChI is InChI=1S/C14H10ClF3N2/c15-13(20-19-12-4-2-1-3-5-12)10-6-8-11(9-7-10)14(16,17)18/h1-9,19H. The third kappa shape index (κ3) is 3.74. The highest BCUT2D eigenvalue weighted by atomic mass is 35.5. The number of rotatable bonds is 3. The van der Waals surface area contributed by atoms with Crippen molar-refractivity contribution < 1.29 is 13.2 Å². The van der Waals surface area contributed by atoms with Crippen LogP contribution in [-0.4, -0.2) is 5.17 Å². The van der Waals surface area contributed by atoms with Gasteiger partial charge in [0.1, 0.15) is 0 Å². The third-order valence-corrected chi connectivity index (χ3v) is 2.81. The van der Waals surface area contributed by atoms with Gasteiger partial charge in [-0.3, -0.25) is 5.43 Å². The molecule has 2 aromatic carbocycles. The second kappa shape index (κ2) is 5.96. The molecule has 0 aliphatic carbocycles. The van der Waals surface area contributed by atoms with Gasteiger partial charge in [-0.2, -0.15) is 18.3 Å². The van der Waals surface area contributed by atoms with E-state index in [0.29, 0.717) is 5.56 Å². The van der Waals surface area contributed by atoms with E-state index < -0.39 is 11.7 Å². The number of benzene rings is 2. The number of anilines is 1. The minimum atomic E-state index is -4.36. The molecule has 0 atom stereocenters. The summed E-state index contributed by atoms with van der Waals surface area (Å²) in [4.78, 5) is 0. The van der Waals surface area contributed by atoms with Gasteiger partial charge in [-0.25, -0.2) is 0 Å². The molecular formula is C14H10ClF3N2. The Morgan fingerprint density at radius 1 is 0.950 bits per heavy atom. The van der Waals surface area contributed by atoms with Crippen molar-refractivity contribution in [2.45, 2.75) is 6.18 Å². The highest BCUT2D eigenvalue weighted by Crippen LogP contribution is 2.29. The summed E-state index contributed by atoms with van der Waals surface area (Å²) in [5, 5.41) is 3.99. The van der Waals surface area contributed by atoms with Gasteiger partial charge in [0.05, 0.1) is 11.3 Å². The van der Waals surface area contributed by atoms with Gasteiger partial charge in [0.25, 0.3) is 0 Å². The van der Waals surface area contributed by atoms with Crippen LogP contribution in [0.1, 0.15) is 11.1 Å². The summed E-state index contributed by atoms with van der Waals surface area (Å²) in [6.07, 6.45) is -4.36. The van der Waals surface area contributed by atoms with Gasteiger partial charge in [-0.1, -0.05) is 41.9 Å². The van der Waals surface area contributed by atoms with Crippen molar-refractivity contribution in [2.24, 2.45) is 5.10 Å². The molecule has 2 aromatic rings. The molecule has 0 amide bonds. The van der Waals surface area contributed by atoms with E-state index in [2.05, 4.69) is 10.5 Å². The number of hydrogen-bond acceptors (Lipinski definition) is 2. The van der Waals surface area contributed by atoms with Gasteiger partial charge in [0, 0.05) is 5.56 Å². The Morgan fingerprint density at radius 3 is 2.10 bits per heavy atom. The predicted molar refractivity (Wildman–Crippen MR) is 73.9 cm³/mol. The Balaban J connectivity index is 2.11. The molecule has 0 aromatic heterocycles. The largest absolute Gasteiger partial charge is 0.416 e. The lowest BCUT2D eigenvalue weighted by molar-refractivity contribution is -0.137. The topological polar surface area (TPSA) is 24.4 Å². The molecule has 0 saturated carbocycles. The predicted octanol–water partition coefficient (Wildman–Crippen LogP) is 4.72. The van der Waals surface area contributed by atoms with Crippen molar-refractivity contribution in [3.05, 3.63) is 65.7 Å². The Morgan fingerprint density at radius 2 is 1.55 bits per heavy atom. The highest BCUT2D eigenvalue weighted by molar-refractivity contribution is 6.69. The van der Waals surface area contributed by atoms with E-state index in [1.54, 1.807) is 12.1 Å². The van der Waals surface area contributed by atoms with Crippen molar-refractivity contribution in [2.75, 3.05) is 5.43 Å². The summed E-state index contributed by atoms with van der Waals surface area (Å²) >= 11 is 5.93. The van der Waals surface area contributed by atoms with Crippen molar-refractivity contribution in [1.82, 2.24) is 0 Å². The average Bonchev–Trinajstić information content (AvgIpc) is 2.45. The molecule has 0 aliphatic heterocycles. The highest BCUT2D eigenvalue weighted by Gasteiger charge is 2.30. The van der Waals surface area contributed by atoms with Gasteiger partial charge < -0.3 is 0 Å². The number of hydrogen-bond donors (Lipinski definition) is 1. The maximum Gasteiger partial charge on any atom is 0.416 e. The van der Waals surface area contributed by atoms with E-state index in [4.69, 9.17) is 11.6 Å². The molecule has 0 spiro atoms. The van der Waals surface area contributed by atoms with Crippen LogP contribution in [0.5, 0.6) is 0 Å². The lowest BCUT2D eigenvalue weighted by atomic mass is 10.1. The van der Waals surface area contributed by atoms with Crippen LogP contribution < -0.4 is 5.43 Å². The molecule has 0 heterocycles. The van der Waals surface area contributed by atoms with Gasteiger partial charge in [-0.15, -0.1) is 0 Å². The maximum atomic E-state index is 12.4. The van der Waals surface area contributed by atoms with Crippen molar-refractivity contribution in [3.63, 3.8) is 0 Å². The molecule has 20 heavy (non-hydrogen) atoms. The van der Waals surface area contributed by atoms with Crippen LogP contribution in [0.15, 0.2) is 59.7 Å². The van der Waals surface area contributed by atoms with Crippen LogP contribution in [0.4, 0.5) is 18.9 Å². The lowest BCUT2D eigenvalue weighted by Gasteiger charge is -2.07. The van der Waals surface area contributed by atoms with E-state index in [9.17, 15) is 13.2 Å². The summed E-state index contributed by atoms with van der Waals surface area (Å²) in [7, 11) is 0. The molecule has 0 saturated heterocycles. The minimum absolute atomic E-state index is 0.0857. The number of nitrogens with one attached hydrogen (secondary N) is 1. The van der Waals surface area contributed by atoms with E-state index in [-0.39, 0.29) is 5.17 Å². The first-order valence-corrected chi connectivity index (χ1v) is 6.06.